The van der Waals surface area contributed by atoms with E-state index in [1.807, 2.05) is 30.3 Å². The molecule has 3 rings (SSSR count). The molecule has 0 saturated heterocycles. The van der Waals surface area contributed by atoms with Crippen molar-refractivity contribution in [1.29, 1.82) is 0 Å². The molecular weight excluding hydrogens is 310 g/mol. The summed E-state index contributed by atoms with van der Waals surface area (Å²) in [7, 11) is 1.52. The third-order valence-electron chi connectivity index (χ3n) is 3.41. The van der Waals surface area contributed by atoms with Crippen molar-refractivity contribution in [3.8, 4) is 22.8 Å². The van der Waals surface area contributed by atoms with Gasteiger partial charge in [0.2, 0.25) is 0 Å². The number of benzene rings is 2. The maximum atomic E-state index is 10.9. The van der Waals surface area contributed by atoms with Gasteiger partial charge in [0.15, 0.2) is 23.0 Å². The quantitative estimate of drug-likeness (QED) is 0.745. The maximum absolute atomic E-state index is 10.9. The zero-order valence-corrected chi connectivity index (χ0v) is 12.9. The molecule has 0 atom stereocenters. The Bertz CT molecular complexity index is 842. The maximum Gasteiger partial charge on any atom is 0.358 e. The number of aromatic nitrogens is 1. The molecule has 6 heteroatoms. The molecule has 0 aliphatic heterocycles. The summed E-state index contributed by atoms with van der Waals surface area (Å²) >= 11 is 0. The van der Waals surface area contributed by atoms with Crippen LogP contribution in [0.3, 0.4) is 0 Å². The van der Waals surface area contributed by atoms with Crippen molar-refractivity contribution in [2.24, 2.45) is 0 Å². The molecule has 1 N–H and O–H groups in total. The van der Waals surface area contributed by atoms with Gasteiger partial charge in [-0.3, -0.25) is 0 Å². The number of carbonyl (C=O) groups is 1. The zero-order chi connectivity index (χ0) is 16.9. The van der Waals surface area contributed by atoms with Crippen LogP contribution in [0.15, 0.2) is 59.1 Å². The van der Waals surface area contributed by atoms with E-state index >= 15 is 0 Å². The molecule has 1 aromatic heterocycles. The number of hydrogen-bond acceptors (Lipinski definition) is 5. The van der Waals surface area contributed by atoms with Crippen LogP contribution in [0.4, 0.5) is 0 Å². The van der Waals surface area contributed by atoms with Gasteiger partial charge in [0, 0.05) is 6.07 Å². The lowest BCUT2D eigenvalue weighted by molar-refractivity contribution is 0.0686. The first-order valence-corrected chi connectivity index (χ1v) is 7.23. The average Bonchev–Trinajstić information content (AvgIpc) is 3.10. The lowest BCUT2D eigenvalue weighted by atomic mass is 10.1. The van der Waals surface area contributed by atoms with Crippen LogP contribution in [0.2, 0.25) is 0 Å². The standard InChI is InChI=1S/C18H15NO5/c1-22-17-13(16-10-14(18(20)21)19-24-16)8-5-9-15(17)23-11-12-6-3-2-4-7-12/h2-10H,11H2,1H3,(H,20,21). The molecule has 0 spiro atoms. The van der Waals surface area contributed by atoms with Crippen molar-refractivity contribution >= 4 is 5.97 Å². The van der Waals surface area contributed by atoms with Crippen LogP contribution in [0.1, 0.15) is 16.1 Å². The Morgan fingerprint density at radius 1 is 1.17 bits per heavy atom. The Morgan fingerprint density at radius 3 is 2.62 bits per heavy atom. The molecule has 0 aliphatic rings. The average molecular weight is 325 g/mol. The fourth-order valence-corrected chi connectivity index (χ4v) is 2.27. The number of methoxy groups -OCH3 is 1. The number of rotatable bonds is 6. The molecular formula is C18H15NO5. The van der Waals surface area contributed by atoms with Crippen LogP contribution in [0.5, 0.6) is 11.5 Å². The summed E-state index contributed by atoms with van der Waals surface area (Å²) in [4.78, 5) is 10.9. The molecule has 24 heavy (non-hydrogen) atoms. The molecule has 0 unspecified atom stereocenters. The van der Waals surface area contributed by atoms with Gasteiger partial charge in [-0.2, -0.15) is 0 Å². The molecule has 0 bridgehead atoms. The number of carboxylic acids is 1. The van der Waals surface area contributed by atoms with Crippen LogP contribution >= 0.6 is 0 Å². The van der Waals surface area contributed by atoms with Crippen LogP contribution in [-0.4, -0.2) is 23.3 Å². The molecule has 0 saturated carbocycles. The molecule has 0 fully saturated rings. The summed E-state index contributed by atoms with van der Waals surface area (Å²) in [6.45, 7) is 0.386. The summed E-state index contributed by atoms with van der Waals surface area (Å²) in [5.41, 5.74) is 1.43. The number of para-hydroxylation sites is 1. The summed E-state index contributed by atoms with van der Waals surface area (Å²) in [6, 6.07) is 16.4. The highest BCUT2D eigenvalue weighted by Gasteiger charge is 2.18. The lowest BCUT2D eigenvalue weighted by Crippen LogP contribution is -1.98. The summed E-state index contributed by atoms with van der Waals surface area (Å²) in [5, 5.41) is 12.5. The van der Waals surface area contributed by atoms with Crippen molar-refractivity contribution in [1.82, 2.24) is 5.16 Å². The van der Waals surface area contributed by atoms with Gasteiger partial charge in [-0.25, -0.2) is 4.79 Å². The van der Waals surface area contributed by atoms with Gasteiger partial charge in [0.25, 0.3) is 0 Å². The third kappa shape index (κ3) is 3.22. The molecule has 0 radical (unpaired) electrons. The molecule has 2 aromatic carbocycles. The smallest absolute Gasteiger partial charge is 0.358 e. The second-order valence-electron chi connectivity index (χ2n) is 4.99. The first-order valence-electron chi connectivity index (χ1n) is 7.23. The highest BCUT2D eigenvalue weighted by molar-refractivity contribution is 5.87. The molecule has 6 nitrogen and oxygen atoms in total. The van der Waals surface area contributed by atoms with E-state index in [1.165, 1.54) is 13.2 Å². The fourth-order valence-electron chi connectivity index (χ4n) is 2.27. The minimum atomic E-state index is -1.15. The van der Waals surface area contributed by atoms with E-state index in [0.717, 1.165) is 5.56 Å². The summed E-state index contributed by atoms with van der Waals surface area (Å²) < 4.78 is 16.4. The van der Waals surface area contributed by atoms with Crippen LogP contribution in [0.25, 0.3) is 11.3 Å². The second-order valence-corrected chi connectivity index (χ2v) is 4.99. The largest absolute Gasteiger partial charge is 0.492 e. The Morgan fingerprint density at radius 2 is 1.96 bits per heavy atom. The minimum absolute atomic E-state index is 0.164. The Labute approximate surface area is 138 Å². The van der Waals surface area contributed by atoms with Crippen molar-refractivity contribution in [2.75, 3.05) is 7.11 Å². The molecule has 0 amide bonds. The van der Waals surface area contributed by atoms with E-state index in [1.54, 1.807) is 18.2 Å². The zero-order valence-electron chi connectivity index (χ0n) is 12.9. The monoisotopic (exact) mass is 325 g/mol. The highest BCUT2D eigenvalue weighted by atomic mass is 16.5. The van der Waals surface area contributed by atoms with Crippen molar-refractivity contribution in [3.63, 3.8) is 0 Å². The van der Waals surface area contributed by atoms with Gasteiger partial charge >= 0.3 is 5.97 Å². The predicted molar refractivity (Wildman–Crippen MR) is 86.2 cm³/mol. The van der Waals surface area contributed by atoms with Crippen LogP contribution in [-0.2, 0) is 6.61 Å². The summed E-state index contributed by atoms with van der Waals surface area (Å²) in [6.07, 6.45) is 0. The first-order chi connectivity index (χ1) is 11.7. The Kier molecular flexibility index (Phi) is 4.47. The van der Waals surface area contributed by atoms with Crippen molar-refractivity contribution in [2.45, 2.75) is 6.61 Å². The van der Waals surface area contributed by atoms with Gasteiger partial charge < -0.3 is 19.1 Å². The molecule has 0 aliphatic carbocycles. The van der Waals surface area contributed by atoms with Gasteiger partial charge in [-0.1, -0.05) is 41.6 Å². The number of nitrogens with zero attached hydrogens (tertiary/aromatic N) is 1. The van der Waals surface area contributed by atoms with Crippen LogP contribution in [0, 0.1) is 0 Å². The van der Waals surface area contributed by atoms with Crippen molar-refractivity contribution < 1.29 is 23.9 Å². The number of aromatic carboxylic acids is 1. The Balaban J connectivity index is 1.89. The highest BCUT2D eigenvalue weighted by Crippen LogP contribution is 2.38. The molecule has 3 aromatic rings. The second kappa shape index (κ2) is 6.87. The van der Waals surface area contributed by atoms with Gasteiger partial charge in [-0.05, 0) is 17.7 Å². The van der Waals surface area contributed by atoms with Crippen LogP contribution < -0.4 is 9.47 Å². The van der Waals surface area contributed by atoms with E-state index in [0.29, 0.717) is 29.4 Å². The number of carboxylic acid groups (broad SMARTS) is 1. The SMILES string of the molecule is COc1c(OCc2ccccc2)cccc1-c1cc(C(=O)O)no1. The molecule has 1 heterocycles. The van der Waals surface area contributed by atoms with Crippen molar-refractivity contribution in [3.05, 3.63) is 65.9 Å². The topological polar surface area (TPSA) is 81.8 Å². The minimum Gasteiger partial charge on any atom is -0.492 e. The normalized spacial score (nSPS) is 10.4. The lowest BCUT2D eigenvalue weighted by Gasteiger charge is -2.13. The van der Waals surface area contributed by atoms with E-state index < -0.39 is 5.97 Å². The predicted octanol–water partition coefficient (Wildman–Crippen LogP) is 3.63. The number of ether oxygens (including phenoxy) is 2. The van der Waals surface area contributed by atoms with Gasteiger partial charge in [0.05, 0.1) is 12.7 Å². The molecule has 122 valence electrons. The van der Waals surface area contributed by atoms with Gasteiger partial charge in [0.1, 0.15) is 6.61 Å². The first kappa shape index (κ1) is 15.6. The Hall–Kier alpha value is -3.28. The van der Waals surface area contributed by atoms with E-state index in [-0.39, 0.29) is 5.69 Å². The third-order valence-corrected chi connectivity index (χ3v) is 3.41. The fraction of sp³-hybridized carbons (Fsp3) is 0.111. The van der Waals surface area contributed by atoms with E-state index in [4.69, 9.17) is 19.1 Å². The van der Waals surface area contributed by atoms with Gasteiger partial charge in [-0.15, -0.1) is 0 Å². The number of hydrogen-bond donors (Lipinski definition) is 1. The van der Waals surface area contributed by atoms with E-state index in [9.17, 15) is 4.79 Å². The summed E-state index contributed by atoms with van der Waals surface area (Å²) in [5.74, 6) is 0.142. The van der Waals surface area contributed by atoms with E-state index in [2.05, 4.69) is 5.16 Å².